The molecule has 0 aliphatic heterocycles. The highest BCUT2D eigenvalue weighted by Gasteiger charge is 2.14. The minimum Gasteiger partial charge on any atom is -0.366 e. The molecule has 1 amide bonds. The molecular weight excluding hydrogens is 289 g/mol. The summed E-state index contributed by atoms with van der Waals surface area (Å²) in [5, 5.41) is 0. The Bertz CT molecular complexity index is 790. The first-order valence-corrected chi connectivity index (χ1v) is 7.50. The Kier molecular flexibility index (Phi) is 5.12. The van der Waals surface area contributed by atoms with Crippen LogP contribution in [0.3, 0.4) is 0 Å². The molecule has 0 saturated heterocycles. The van der Waals surface area contributed by atoms with Crippen molar-refractivity contribution >= 4 is 11.5 Å². The molecule has 2 nitrogen and oxygen atoms in total. The second kappa shape index (κ2) is 7.05. The molecule has 2 N–H and O–H groups in total. The van der Waals surface area contributed by atoms with E-state index in [2.05, 4.69) is 6.58 Å². The van der Waals surface area contributed by atoms with E-state index in [9.17, 15) is 9.18 Å². The number of amides is 1. The molecule has 2 aromatic carbocycles. The van der Waals surface area contributed by atoms with Crippen LogP contribution in [0.1, 0.15) is 35.3 Å². The van der Waals surface area contributed by atoms with Gasteiger partial charge in [0, 0.05) is 11.1 Å². The van der Waals surface area contributed by atoms with E-state index in [1.165, 1.54) is 6.07 Å². The Morgan fingerprint density at radius 1 is 1.26 bits per heavy atom. The zero-order valence-electron chi connectivity index (χ0n) is 13.4. The molecule has 0 aliphatic rings. The number of carbonyl (C=O) groups excluding carboxylic acids is 1. The molecule has 0 aliphatic carbocycles. The normalized spacial score (nSPS) is 11.3. The van der Waals surface area contributed by atoms with Crippen molar-refractivity contribution in [3.63, 3.8) is 0 Å². The lowest BCUT2D eigenvalue weighted by atomic mass is 9.92. The van der Waals surface area contributed by atoms with Crippen LogP contribution < -0.4 is 5.73 Å². The molecule has 3 heteroatoms. The van der Waals surface area contributed by atoms with Crippen molar-refractivity contribution in [2.24, 2.45) is 5.73 Å². The van der Waals surface area contributed by atoms with Crippen LogP contribution in [-0.2, 0) is 6.42 Å². The van der Waals surface area contributed by atoms with Crippen LogP contribution in [0.5, 0.6) is 0 Å². The predicted molar refractivity (Wildman–Crippen MR) is 93.6 cm³/mol. The van der Waals surface area contributed by atoms with Crippen LogP contribution in [0.4, 0.5) is 4.39 Å². The Balaban J connectivity index is 2.75. The number of aryl methyl sites for hydroxylation is 1. The predicted octanol–water partition coefficient (Wildman–Crippen LogP) is 4.74. The van der Waals surface area contributed by atoms with Crippen molar-refractivity contribution in [2.45, 2.75) is 20.3 Å². The molecule has 0 spiro atoms. The fraction of sp³-hybridized carbons (Fsp3) is 0.150. The van der Waals surface area contributed by atoms with E-state index in [-0.39, 0.29) is 5.82 Å². The van der Waals surface area contributed by atoms with Crippen molar-refractivity contribution in [2.75, 3.05) is 0 Å². The minimum absolute atomic E-state index is 0.303. The largest absolute Gasteiger partial charge is 0.366 e. The highest BCUT2D eigenvalue weighted by Crippen LogP contribution is 2.31. The number of hydrogen-bond acceptors (Lipinski definition) is 1. The van der Waals surface area contributed by atoms with Crippen molar-refractivity contribution in [3.05, 3.63) is 77.6 Å². The van der Waals surface area contributed by atoms with Gasteiger partial charge in [0.05, 0.1) is 0 Å². The maximum atomic E-state index is 14.4. The van der Waals surface area contributed by atoms with Crippen LogP contribution in [0.2, 0.25) is 0 Å². The number of rotatable bonds is 5. The van der Waals surface area contributed by atoms with E-state index in [1.807, 2.05) is 32.1 Å². The van der Waals surface area contributed by atoms with Crippen LogP contribution in [0, 0.1) is 5.82 Å². The zero-order chi connectivity index (χ0) is 17.0. The van der Waals surface area contributed by atoms with Gasteiger partial charge in [0.1, 0.15) is 5.82 Å². The summed E-state index contributed by atoms with van der Waals surface area (Å²) >= 11 is 0. The molecule has 0 bridgehead atoms. The Hall–Kier alpha value is -2.68. The molecule has 0 unspecified atom stereocenters. The number of hydrogen-bond donors (Lipinski definition) is 1. The van der Waals surface area contributed by atoms with E-state index < -0.39 is 5.91 Å². The van der Waals surface area contributed by atoms with Gasteiger partial charge in [-0.25, -0.2) is 4.39 Å². The molecular formula is C20H20FNO. The van der Waals surface area contributed by atoms with Gasteiger partial charge in [-0.3, -0.25) is 4.79 Å². The van der Waals surface area contributed by atoms with Gasteiger partial charge in [-0.2, -0.15) is 0 Å². The van der Waals surface area contributed by atoms with Crippen molar-refractivity contribution < 1.29 is 9.18 Å². The highest BCUT2D eigenvalue weighted by molar-refractivity contribution is 5.95. The number of benzene rings is 2. The Morgan fingerprint density at radius 3 is 2.57 bits per heavy atom. The molecule has 0 heterocycles. The fourth-order valence-electron chi connectivity index (χ4n) is 2.60. The minimum atomic E-state index is -0.533. The van der Waals surface area contributed by atoms with Gasteiger partial charge in [-0.1, -0.05) is 37.8 Å². The van der Waals surface area contributed by atoms with Gasteiger partial charge in [-0.05, 0) is 59.9 Å². The molecule has 2 aromatic rings. The first kappa shape index (κ1) is 16.7. The average molecular weight is 309 g/mol. The second-order valence-electron chi connectivity index (χ2n) is 5.38. The van der Waals surface area contributed by atoms with Gasteiger partial charge in [0.15, 0.2) is 0 Å². The van der Waals surface area contributed by atoms with Crippen molar-refractivity contribution in [3.8, 4) is 11.1 Å². The average Bonchev–Trinajstić information content (AvgIpc) is 2.54. The lowest BCUT2D eigenvalue weighted by Gasteiger charge is -2.13. The molecule has 0 aromatic heterocycles. The van der Waals surface area contributed by atoms with Crippen molar-refractivity contribution in [1.82, 2.24) is 0 Å². The molecule has 23 heavy (non-hydrogen) atoms. The van der Waals surface area contributed by atoms with E-state index >= 15 is 0 Å². The molecule has 118 valence electrons. The highest BCUT2D eigenvalue weighted by atomic mass is 19.1. The molecule has 2 rings (SSSR count). The zero-order valence-corrected chi connectivity index (χ0v) is 13.4. The topological polar surface area (TPSA) is 43.1 Å². The van der Waals surface area contributed by atoms with Crippen molar-refractivity contribution in [1.29, 1.82) is 0 Å². The third kappa shape index (κ3) is 3.57. The quantitative estimate of drug-likeness (QED) is 0.796. The molecule has 0 radical (unpaired) electrons. The Morgan fingerprint density at radius 2 is 1.96 bits per heavy atom. The van der Waals surface area contributed by atoms with Gasteiger partial charge in [-0.15, -0.1) is 0 Å². The number of primary amides is 1. The SMILES string of the molecule is C=CC=C(C)c1cc(C(N)=O)cc(-c2c(F)cccc2CC)c1. The standard InChI is InChI=1S/C20H20FNO/c1-4-7-13(3)15-10-16(12-17(11-15)20(22)23)19-14(5-2)8-6-9-18(19)21/h4,6-12H,1,5H2,2-3H3,(H2,22,23). The smallest absolute Gasteiger partial charge is 0.248 e. The first-order valence-electron chi connectivity index (χ1n) is 7.50. The summed E-state index contributed by atoms with van der Waals surface area (Å²) in [6, 6.07) is 10.2. The van der Waals surface area contributed by atoms with Crippen LogP contribution in [0.25, 0.3) is 16.7 Å². The van der Waals surface area contributed by atoms with Gasteiger partial charge < -0.3 is 5.73 Å². The van der Waals surface area contributed by atoms with Crippen LogP contribution in [-0.4, -0.2) is 5.91 Å². The monoisotopic (exact) mass is 309 g/mol. The summed E-state index contributed by atoms with van der Waals surface area (Å²) in [5.74, 6) is -0.837. The first-order chi connectivity index (χ1) is 11.0. The summed E-state index contributed by atoms with van der Waals surface area (Å²) in [4.78, 5) is 11.6. The van der Waals surface area contributed by atoms with Crippen LogP contribution >= 0.6 is 0 Å². The van der Waals surface area contributed by atoms with E-state index in [0.29, 0.717) is 23.1 Å². The maximum absolute atomic E-state index is 14.4. The number of halogens is 1. The third-order valence-corrected chi connectivity index (χ3v) is 3.81. The molecule has 0 atom stereocenters. The molecule has 0 saturated carbocycles. The van der Waals surface area contributed by atoms with E-state index in [0.717, 1.165) is 16.7 Å². The van der Waals surface area contributed by atoms with E-state index in [4.69, 9.17) is 5.73 Å². The second-order valence-corrected chi connectivity index (χ2v) is 5.38. The summed E-state index contributed by atoms with van der Waals surface area (Å²) in [7, 11) is 0. The molecule has 0 fully saturated rings. The lowest BCUT2D eigenvalue weighted by molar-refractivity contribution is 0.100. The lowest BCUT2D eigenvalue weighted by Crippen LogP contribution is -2.11. The Labute approximate surface area is 136 Å². The van der Waals surface area contributed by atoms with E-state index in [1.54, 1.807) is 24.3 Å². The third-order valence-electron chi connectivity index (χ3n) is 3.81. The summed E-state index contributed by atoms with van der Waals surface area (Å²) < 4.78 is 14.4. The van der Waals surface area contributed by atoms with Gasteiger partial charge >= 0.3 is 0 Å². The summed E-state index contributed by atoms with van der Waals surface area (Å²) in [6.07, 6.45) is 4.21. The van der Waals surface area contributed by atoms with Gasteiger partial charge in [0.2, 0.25) is 5.91 Å². The van der Waals surface area contributed by atoms with Gasteiger partial charge in [0.25, 0.3) is 0 Å². The number of nitrogens with two attached hydrogens (primary N) is 1. The summed E-state index contributed by atoms with van der Waals surface area (Å²) in [6.45, 7) is 7.56. The fourth-order valence-corrected chi connectivity index (χ4v) is 2.60. The maximum Gasteiger partial charge on any atom is 0.248 e. The number of carbonyl (C=O) groups is 1. The summed E-state index contributed by atoms with van der Waals surface area (Å²) in [5.41, 5.74) is 9.62. The van der Waals surface area contributed by atoms with Crippen LogP contribution in [0.15, 0.2) is 55.1 Å². The number of allylic oxidation sites excluding steroid dienone is 3.